The zero-order valence-electron chi connectivity index (χ0n) is 20.0. The molecule has 0 fully saturated rings. The van der Waals surface area contributed by atoms with E-state index in [0.29, 0.717) is 36.0 Å². The van der Waals surface area contributed by atoms with Crippen LogP contribution < -0.4 is 20.5 Å². The lowest BCUT2D eigenvalue weighted by Gasteiger charge is -2.18. The minimum Gasteiger partial charge on any atom is -0.490 e. The number of nitrogens with zero attached hydrogens (tertiary/aromatic N) is 3. The summed E-state index contributed by atoms with van der Waals surface area (Å²) in [6.45, 7) is 8.76. The number of rotatable bonds is 8. The lowest BCUT2D eigenvalue weighted by atomic mass is 9.89. The maximum absolute atomic E-state index is 13.3. The van der Waals surface area contributed by atoms with Crippen LogP contribution in [0, 0.1) is 5.92 Å². The van der Waals surface area contributed by atoms with Gasteiger partial charge >= 0.3 is 0 Å². The molecule has 9 heteroatoms. The molecule has 1 aliphatic carbocycles. The average molecular weight is 483 g/mol. The fourth-order valence-corrected chi connectivity index (χ4v) is 5.50. The van der Waals surface area contributed by atoms with Crippen molar-refractivity contribution in [3.8, 4) is 11.5 Å². The van der Waals surface area contributed by atoms with Crippen molar-refractivity contribution in [3.05, 3.63) is 50.9 Å². The lowest BCUT2D eigenvalue weighted by molar-refractivity contribution is -0.123. The topological polar surface area (TPSA) is 94.8 Å². The van der Waals surface area contributed by atoms with E-state index < -0.39 is 11.9 Å². The number of thiophene rings is 1. The predicted octanol–water partition coefficient (Wildman–Crippen LogP) is 4.09. The van der Waals surface area contributed by atoms with Crippen LogP contribution in [0.25, 0.3) is 10.2 Å². The van der Waals surface area contributed by atoms with Gasteiger partial charge in [0.2, 0.25) is 0 Å². The zero-order chi connectivity index (χ0) is 24.2. The molecule has 8 nitrogen and oxygen atoms in total. The molecule has 0 bridgehead atoms. The number of ether oxygens (including phenoxy) is 2. The fraction of sp³-hybridized carbons (Fsp3) is 0.440. The van der Waals surface area contributed by atoms with Crippen LogP contribution in [0.5, 0.6) is 11.5 Å². The number of amides is 1. The molecule has 2 aromatic heterocycles. The van der Waals surface area contributed by atoms with Gasteiger partial charge in [-0.25, -0.2) is 10.4 Å². The first-order chi connectivity index (χ1) is 16.4. The first-order valence-electron chi connectivity index (χ1n) is 11.7. The Bertz CT molecular complexity index is 1280. The maximum Gasteiger partial charge on any atom is 0.263 e. The molecule has 0 saturated heterocycles. The highest BCUT2D eigenvalue weighted by Gasteiger charge is 2.25. The standard InChI is InChI=1S/C25H30N4O4S/c1-5-32-19-10-8-17(12-20(19)33-6-2)13-27-28-23(30)16(4)29-14-26-24-22(25(29)31)18-9-7-15(3)11-21(18)34-24/h8,10,12-16H,5-7,9,11H2,1-4H3,(H,28,30)/b27-13+. The van der Waals surface area contributed by atoms with Crippen LogP contribution >= 0.6 is 11.3 Å². The van der Waals surface area contributed by atoms with Gasteiger partial charge in [0.15, 0.2) is 11.5 Å². The summed E-state index contributed by atoms with van der Waals surface area (Å²) in [7, 11) is 0. The predicted molar refractivity (Wildman–Crippen MR) is 134 cm³/mol. The van der Waals surface area contributed by atoms with Gasteiger partial charge in [0.05, 0.1) is 31.1 Å². The van der Waals surface area contributed by atoms with Gasteiger partial charge in [0, 0.05) is 4.88 Å². The Labute approximate surface area is 202 Å². The van der Waals surface area contributed by atoms with Gasteiger partial charge in [-0.05, 0) is 75.3 Å². The molecule has 1 aliphatic rings. The van der Waals surface area contributed by atoms with Gasteiger partial charge in [0.25, 0.3) is 11.5 Å². The molecule has 1 amide bonds. The van der Waals surface area contributed by atoms with Crippen molar-refractivity contribution in [1.82, 2.24) is 15.0 Å². The molecule has 3 aromatic rings. The molecule has 2 heterocycles. The van der Waals surface area contributed by atoms with Crippen molar-refractivity contribution in [1.29, 1.82) is 0 Å². The summed E-state index contributed by atoms with van der Waals surface area (Å²) >= 11 is 1.60. The third kappa shape index (κ3) is 4.84. The third-order valence-electron chi connectivity index (χ3n) is 5.99. The molecule has 0 saturated carbocycles. The molecule has 2 unspecified atom stereocenters. The van der Waals surface area contributed by atoms with Crippen LogP contribution in [-0.2, 0) is 17.6 Å². The number of benzene rings is 1. The number of aromatic nitrogens is 2. The van der Waals surface area contributed by atoms with Crippen molar-refractivity contribution in [2.75, 3.05) is 13.2 Å². The second-order valence-corrected chi connectivity index (χ2v) is 9.55. The number of fused-ring (bicyclic) bond motifs is 3. The van der Waals surface area contributed by atoms with Crippen LogP contribution in [0.3, 0.4) is 0 Å². The number of hydrogen-bond acceptors (Lipinski definition) is 7. The van der Waals surface area contributed by atoms with Gasteiger partial charge in [0.1, 0.15) is 10.9 Å². The van der Waals surface area contributed by atoms with Crippen molar-refractivity contribution in [2.45, 2.75) is 53.0 Å². The monoisotopic (exact) mass is 482 g/mol. The van der Waals surface area contributed by atoms with Crippen LogP contribution in [0.1, 0.15) is 56.2 Å². The molecular formula is C25H30N4O4S. The summed E-state index contributed by atoms with van der Waals surface area (Å²) in [6.07, 6.45) is 5.92. The summed E-state index contributed by atoms with van der Waals surface area (Å²) < 4.78 is 12.6. The summed E-state index contributed by atoms with van der Waals surface area (Å²) in [5.41, 5.74) is 4.22. The van der Waals surface area contributed by atoms with Crippen molar-refractivity contribution in [3.63, 3.8) is 0 Å². The van der Waals surface area contributed by atoms with E-state index in [9.17, 15) is 9.59 Å². The number of hydrazone groups is 1. The molecule has 1 aromatic carbocycles. The van der Waals surface area contributed by atoms with Crippen molar-refractivity contribution in [2.24, 2.45) is 11.0 Å². The molecule has 180 valence electrons. The minimum absolute atomic E-state index is 0.170. The fourth-order valence-electron chi connectivity index (χ4n) is 4.16. The third-order valence-corrected chi connectivity index (χ3v) is 7.16. The summed E-state index contributed by atoms with van der Waals surface area (Å²) in [5, 5.41) is 4.73. The second-order valence-electron chi connectivity index (χ2n) is 8.47. The Morgan fingerprint density at radius 1 is 1.32 bits per heavy atom. The lowest BCUT2D eigenvalue weighted by Crippen LogP contribution is -2.34. The highest BCUT2D eigenvalue weighted by Crippen LogP contribution is 2.35. The molecular weight excluding hydrogens is 452 g/mol. The Kier molecular flexibility index (Phi) is 7.31. The van der Waals surface area contributed by atoms with Crippen LogP contribution in [0.4, 0.5) is 0 Å². The van der Waals surface area contributed by atoms with Crippen LogP contribution in [-0.4, -0.2) is 34.9 Å². The molecule has 34 heavy (non-hydrogen) atoms. The Morgan fingerprint density at radius 2 is 2.09 bits per heavy atom. The highest BCUT2D eigenvalue weighted by atomic mass is 32.1. The number of carbonyl (C=O) groups excluding carboxylic acids is 1. The summed E-state index contributed by atoms with van der Waals surface area (Å²) in [6, 6.07) is 4.69. The number of carbonyl (C=O) groups is 1. The number of aryl methyl sites for hydroxylation is 1. The number of hydrogen-bond donors (Lipinski definition) is 1. The maximum atomic E-state index is 13.3. The van der Waals surface area contributed by atoms with E-state index in [2.05, 4.69) is 22.4 Å². The zero-order valence-corrected chi connectivity index (χ0v) is 20.8. The molecule has 4 rings (SSSR count). The normalized spacial score (nSPS) is 16.4. The van der Waals surface area contributed by atoms with E-state index in [-0.39, 0.29) is 5.56 Å². The minimum atomic E-state index is -0.751. The largest absolute Gasteiger partial charge is 0.490 e. The van der Waals surface area contributed by atoms with E-state index >= 15 is 0 Å². The van der Waals surface area contributed by atoms with Crippen LogP contribution in [0.15, 0.2) is 34.4 Å². The Hall–Kier alpha value is -3.20. The quantitative estimate of drug-likeness (QED) is 0.385. The van der Waals surface area contributed by atoms with E-state index in [1.54, 1.807) is 24.3 Å². The smallest absolute Gasteiger partial charge is 0.263 e. The van der Waals surface area contributed by atoms with E-state index in [0.717, 1.165) is 35.2 Å². The Balaban J connectivity index is 1.50. The summed E-state index contributed by atoms with van der Waals surface area (Å²) in [5.74, 6) is 1.50. The van der Waals surface area contributed by atoms with Crippen LogP contribution in [0.2, 0.25) is 0 Å². The molecule has 0 spiro atoms. The second kappa shape index (κ2) is 10.4. The molecule has 2 atom stereocenters. The van der Waals surface area contributed by atoms with Crippen molar-refractivity contribution < 1.29 is 14.3 Å². The number of nitrogens with one attached hydrogen (secondary N) is 1. The SMILES string of the molecule is CCOc1ccc(/C=N/NC(=O)C(C)n2cnc3sc4c(c3c2=O)CCC(C)C4)cc1OCC. The van der Waals surface area contributed by atoms with Gasteiger partial charge < -0.3 is 9.47 Å². The molecule has 0 aliphatic heterocycles. The van der Waals surface area contributed by atoms with E-state index in [4.69, 9.17) is 9.47 Å². The average Bonchev–Trinajstić information content (AvgIpc) is 3.19. The molecule has 1 N–H and O–H groups in total. The summed E-state index contributed by atoms with van der Waals surface area (Å²) in [4.78, 5) is 32.5. The highest BCUT2D eigenvalue weighted by molar-refractivity contribution is 7.18. The van der Waals surface area contributed by atoms with Gasteiger partial charge in [-0.2, -0.15) is 5.10 Å². The van der Waals surface area contributed by atoms with Crippen molar-refractivity contribution >= 4 is 33.7 Å². The first-order valence-corrected chi connectivity index (χ1v) is 12.5. The molecule has 0 radical (unpaired) electrons. The van der Waals surface area contributed by atoms with Gasteiger partial charge in [-0.1, -0.05) is 6.92 Å². The van der Waals surface area contributed by atoms with Gasteiger partial charge in [-0.3, -0.25) is 14.2 Å². The Morgan fingerprint density at radius 3 is 2.85 bits per heavy atom. The first kappa shape index (κ1) is 23.9. The van der Waals surface area contributed by atoms with E-state index in [1.807, 2.05) is 26.0 Å². The van der Waals surface area contributed by atoms with E-state index in [1.165, 1.54) is 22.0 Å². The van der Waals surface area contributed by atoms with Gasteiger partial charge in [-0.15, -0.1) is 11.3 Å².